The summed E-state index contributed by atoms with van der Waals surface area (Å²) < 4.78 is 0. The molecule has 1 aliphatic rings. The molecular weight excluding hydrogens is 360 g/mol. The van der Waals surface area contributed by atoms with Crippen LogP contribution in [0.25, 0.3) is 0 Å². The molecule has 0 saturated carbocycles. The highest BCUT2D eigenvalue weighted by Gasteiger charge is 2.16. The number of rotatable bonds is 12. The molecule has 0 nitrogen and oxygen atoms in total. The van der Waals surface area contributed by atoms with Gasteiger partial charge >= 0.3 is 0 Å². The van der Waals surface area contributed by atoms with Crippen LogP contribution in [0.15, 0.2) is 48.6 Å². The molecule has 30 heavy (non-hydrogen) atoms. The molecule has 0 radical (unpaired) electrons. The molecule has 0 amide bonds. The highest BCUT2D eigenvalue weighted by molar-refractivity contribution is 5.29. The number of benzene rings is 1. The SMILES string of the molecule is CC(C)CCC(C)/C=C/C1C=CC(c2ccc(CCC(C)CCC(C)C)cc2)CC1. The fraction of sp³-hybridized carbons (Fsp3) is 0.667. The maximum Gasteiger partial charge on any atom is 0.00185 e. The minimum atomic E-state index is 0.604. The van der Waals surface area contributed by atoms with Crippen molar-refractivity contribution in [2.24, 2.45) is 29.6 Å². The van der Waals surface area contributed by atoms with Crippen molar-refractivity contribution in [2.75, 3.05) is 0 Å². The van der Waals surface area contributed by atoms with Gasteiger partial charge < -0.3 is 0 Å². The lowest BCUT2D eigenvalue weighted by molar-refractivity contribution is 0.428. The third-order valence-electron chi connectivity index (χ3n) is 6.86. The molecule has 168 valence electrons. The first kappa shape index (κ1) is 25.0. The zero-order chi connectivity index (χ0) is 21.9. The summed E-state index contributed by atoms with van der Waals surface area (Å²) in [5, 5.41) is 0. The van der Waals surface area contributed by atoms with E-state index >= 15 is 0 Å². The minimum absolute atomic E-state index is 0.604. The summed E-state index contributed by atoms with van der Waals surface area (Å²) in [6.45, 7) is 14.1. The van der Waals surface area contributed by atoms with Crippen molar-refractivity contribution in [3.63, 3.8) is 0 Å². The first-order valence-electron chi connectivity index (χ1n) is 12.8. The van der Waals surface area contributed by atoms with Gasteiger partial charge in [-0.05, 0) is 72.8 Å². The van der Waals surface area contributed by atoms with Crippen LogP contribution in [-0.4, -0.2) is 0 Å². The van der Waals surface area contributed by atoms with Crippen molar-refractivity contribution in [1.82, 2.24) is 0 Å². The van der Waals surface area contributed by atoms with Crippen LogP contribution in [0.4, 0.5) is 0 Å². The summed E-state index contributed by atoms with van der Waals surface area (Å²) in [6.07, 6.45) is 20.3. The Kier molecular flexibility index (Phi) is 11.0. The molecular formula is C30H48. The Labute approximate surface area is 188 Å². The van der Waals surface area contributed by atoms with Crippen LogP contribution >= 0.6 is 0 Å². The van der Waals surface area contributed by atoms with Crippen molar-refractivity contribution < 1.29 is 0 Å². The molecule has 0 N–H and O–H groups in total. The quantitative estimate of drug-likeness (QED) is 0.302. The monoisotopic (exact) mass is 408 g/mol. The van der Waals surface area contributed by atoms with E-state index in [1.807, 2.05) is 0 Å². The summed E-state index contributed by atoms with van der Waals surface area (Å²) in [4.78, 5) is 0. The Morgan fingerprint density at radius 1 is 0.767 bits per heavy atom. The lowest BCUT2D eigenvalue weighted by Crippen LogP contribution is -2.06. The molecule has 0 aliphatic heterocycles. The third kappa shape index (κ3) is 9.67. The highest BCUT2D eigenvalue weighted by Crippen LogP contribution is 2.31. The van der Waals surface area contributed by atoms with Crippen LogP contribution in [0.2, 0.25) is 0 Å². The molecule has 0 saturated heterocycles. The van der Waals surface area contributed by atoms with Gasteiger partial charge in [-0.25, -0.2) is 0 Å². The second-order valence-electron chi connectivity index (χ2n) is 10.9. The number of aryl methyl sites for hydroxylation is 1. The van der Waals surface area contributed by atoms with Gasteiger partial charge in [0.1, 0.15) is 0 Å². The zero-order valence-electron chi connectivity index (χ0n) is 20.7. The van der Waals surface area contributed by atoms with Crippen LogP contribution < -0.4 is 0 Å². The van der Waals surface area contributed by atoms with Crippen LogP contribution in [-0.2, 0) is 6.42 Å². The normalized spacial score (nSPS) is 21.6. The molecule has 4 unspecified atom stereocenters. The lowest BCUT2D eigenvalue weighted by Gasteiger charge is -2.22. The molecule has 2 rings (SSSR count). The Hall–Kier alpha value is -1.30. The Morgan fingerprint density at radius 2 is 1.43 bits per heavy atom. The van der Waals surface area contributed by atoms with Gasteiger partial charge in [-0.1, -0.05) is 109 Å². The fourth-order valence-corrected chi connectivity index (χ4v) is 4.41. The Bertz CT molecular complexity index is 631. The number of hydrogen-bond donors (Lipinski definition) is 0. The average molecular weight is 409 g/mol. The lowest BCUT2D eigenvalue weighted by atomic mass is 9.83. The molecule has 0 aromatic heterocycles. The predicted molar refractivity (Wildman–Crippen MR) is 135 cm³/mol. The van der Waals surface area contributed by atoms with Crippen LogP contribution in [0.1, 0.15) is 104 Å². The largest absolute Gasteiger partial charge is 0.0851 e. The first-order valence-corrected chi connectivity index (χ1v) is 12.8. The van der Waals surface area contributed by atoms with Gasteiger partial charge in [0.25, 0.3) is 0 Å². The standard InChI is InChI=1S/C30H48/c1-23(2)7-9-25(5)11-13-27-15-19-29(20-16-27)30-21-17-28(18-22-30)14-12-26(6)10-8-24(3)4/h11,13,15,17-19,21-27,29H,7-10,12,14,16,20H2,1-6H3/b13-11+. The Balaban J connectivity index is 1.77. The topological polar surface area (TPSA) is 0 Å². The van der Waals surface area contributed by atoms with E-state index in [-0.39, 0.29) is 0 Å². The number of allylic oxidation sites excluding steroid dienone is 4. The van der Waals surface area contributed by atoms with E-state index in [9.17, 15) is 0 Å². The molecule has 0 fully saturated rings. The summed E-state index contributed by atoms with van der Waals surface area (Å²) in [6, 6.07) is 9.52. The molecule has 1 aliphatic carbocycles. The van der Waals surface area contributed by atoms with E-state index < -0.39 is 0 Å². The zero-order valence-corrected chi connectivity index (χ0v) is 20.7. The van der Waals surface area contributed by atoms with E-state index in [4.69, 9.17) is 0 Å². The third-order valence-corrected chi connectivity index (χ3v) is 6.86. The van der Waals surface area contributed by atoms with Crippen LogP contribution in [0.5, 0.6) is 0 Å². The van der Waals surface area contributed by atoms with Crippen molar-refractivity contribution in [3.8, 4) is 0 Å². The van der Waals surface area contributed by atoms with Crippen LogP contribution in [0, 0.1) is 29.6 Å². The number of hydrogen-bond acceptors (Lipinski definition) is 0. The van der Waals surface area contributed by atoms with E-state index in [2.05, 4.69) is 90.1 Å². The first-order chi connectivity index (χ1) is 14.3. The molecule has 0 spiro atoms. The summed E-state index contributed by atoms with van der Waals surface area (Å²) >= 11 is 0. The van der Waals surface area contributed by atoms with Gasteiger partial charge in [0.05, 0.1) is 0 Å². The van der Waals surface area contributed by atoms with E-state index in [0.717, 1.165) is 17.8 Å². The molecule has 0 heteroatoms. The molecule has 1 aromatic rings. The summed E-state index contributed by atoms with van der Waals surface area (Å²) in [5.41, 5.74) is 3.00. The molecule has 1 aromatic carbocycles. The minimum Gasteiger partial charge on any atom is -0.0851 e. The van der Waals surface area contributed by atoms with E-state index in [0.29, 0.717) is 17.8 Å². The van der Waals surface area contributed by atoms with Gasteiger partial charge in [0.2, 0.25) is 0 Å². The summed E-state index contributed by atoms with van der Waals surface area (Å²) in [7, 11) is 0. The highest BCUT2D eigenvalue weighted by atomic mass is 14.2. The average Bonchev–Trinajstić information content (AvgIpc) is 2.74. The maximum absolute atomic E-state index is 2.46. The van der Waals surface area contributed by atoms with Crippen molar-refractivity contribution in [3.05, 3.63) is 59.7 Å². The van der Waals surface area contributed by atoms with Gasteiger partial charge in [-0.15, -0.1) is 0 Å². The maximum atomic E-state index is 2.46. The Morgan fingerprint density at radius 3 is 2.03 bits per heavy atom. The fourth-order valence-electron chi connectivity index (χ4n) is 4.41. The van der Waals surface area contributed by atoms with Crippen molar-refractivity contribution in [1.29, 1.82) is 0 Å². The molecule has 0 bridgehead atoms. The van der Waals surface area contributed by atoms with Crippen molar-refractivity contribution >= 4 is 0 Å². The van der Waals surface area contributed by atoms with Crippen molar-refractivity contribution in [2.45, 2.75) is 98.8 Å². The molecule has 0 heterocycles. The smallest absolute Gasteiger partial charge is 0.00185 e. The van der Waals surface area contributed by atoms with Gasteiger partial charge in [0.15, 0.2) is 0 Å². The van der Waals surface area contributed by atoms with Gasteiger partial charge in [-0.3, -0.25) is 0 Å². The van der Waals surface area contributed by atoms with Gasteiger partial charge in [0, 0.05) is 5.92 Å². The van der Waals surface area contributed by atoms with Gasteiger partial charge in [-0.2, -0.15) is 0 Å². The second kappa shape index (κ2) is 13.2. The second-order valence-corrected chi connectivity index (χ2v) is 10.9. The predicted octanol–water partition coefficient (Wildman–Crippen LogP) is 9.37. The van der Waals surface area contributed by atoms with E-state index in [1.165, 1.54) is 62.5 Å². The molecule has 4 atom stereocenters. The van der Waals surface area contributed by atoms with Crippen LogP contribution in [0.3, 0.4) is 0 Å². The summed E-state index contributed by atoms with van der Waals surface area (Å²) in [5.74, 6) is 4.43. The van der Waals surface area contributed by atoms with E-state index in [1.54, 1.807) is 0 Å².